The summed E-state index contributed by atoms with van der Waals surface area (Å²) in [5.41, 5.74) is 1.34. The van der Waals surface area contributed by atoms with Gasteiger partial charge in [0.1, 0.15) is 0 Å². The summed E-state index contributed by atoms with van der Waals surface area (Å²) in [4.78, 5) is 15.1. The van der Waals surface area contributed by atoms with Gasteiger partial charge in [0.25, 0.3) is 0 Å². The van der Waals surface area contributed by atoms with Crippen molar-refractivity contribution in [2.75, 3.05) is 7.05 Å². The van der Waals surface area contributed by atoms with E-state index in [9.17, 15) is 9.90 Å². The Morgan fingerprint density at radius 1 is 1.39 bits per heavy atom. The van der Waals surface area contributed by atoms with Gasteiger partial charge in [-0.1, -0.05) is 17.7 Å². The molecular formula is C13H14N2O3. The number of pyridine rings is 1. The van der Waals surface area contributed by atoms with Crippen molar-refractivity contribution in [1.29, 1.82) is 0 Å². The molecule has 5 heteroatoms. The van der Waals surface area contributed by atoms with Crippen LogP contribution in [-0.4, -0.2) is 28.2 Å². The maximum absolute atomic E-state index is 11.0. The molecule has 0 aliphatic heterocycles. The van der Waals surface area contributed by atoms with Crippen molar-refractivity contribution in [2.24, 2.45) is 0 Å². The SMILES string of the molecule is CNCc1nc(C(=O)O)c(O)c2ccc(C)cc12. The number of carboxylic acids is 1. The fourth-order valence-corrected chi connectivity index (χ4v) is 1.93. The highest BCUT2D eigenvalue weighted by molar-refractivity contribution is 5.99. The smallest absolute Gasteiger partial charge is 0.358 e. The van der Waals surface area contributed by atoms with Gasteiger partial charge >= 0.3 is 5.97 Å². The summed E-state index contributed by atoms with van der Waals surface area (Å²) in [6.07, 6.45) is 0. The molecule has 94 valence electrons. The quantitative estimate of drug-likeness (QED) is 0.767. The van der Waals surface area contributed by atoms with Gasteiger partial charge in [0, 0.05) is 17.3 Å². The first-order valence-corrected chi connectivity index (χ1v) is 5.54. The Bertz CT molecular complexity index is 623. The largest absolute Gasteiger partial charge is 0.505 e. The number of rotatable bonds is 3. The molecule has 0 radical (unpaired) electrons. The summed E-state index contributed by atoms with van der Waals surface area (Å²) in [6.45, 7) is 2.38. The summed E-state index contributed by atoms with van der Waals surface area (Å²) in [6, 6.07) is 5.43. The van der Waals surface area contributed by atoms with E-state index in [4.69, 9.17) is 5.11 Å². The van der Waals surface area contributed by atoms with Crippen LogP contribution in [0.25, 0.3) is 10.8 Å². The summed E-state index contributed by atoms with van der Waals surface area (Å²) in [5, 5.41) is 23.2. The van der Waals surface area contributed by atoms with Crippen molar-refractivity contribution >= 4 is 16.7 Å². The molecule has 5 nitrogen and oxygen atoms in total. The topological polar surface area (TPSA) is 82.5 Å². The van der Waals surface area contributed by atoms with Crippen LogP contribution in [0, 0.1) is 6.92 Å². The van der Waals surface area contributed by atoms with Crippen LogP contribution in [0.4, 0.5) is 0 Å². The molecule has 0 saturated heterocycles. The Labute approximate surface area is 104 Å². The number of hydrogen-bond acceptors (Lipinski definition) is 4. The Kier molecular flexibility index (Phi) is 3.16. The van der Waals surface area contributed by atoms with Crippen LogP contribution in [0.5, 0.6) is 5.75 Å². The van der Waals surface area contributed by atoms with Crippen molar-refractivity contribution in [2.45, 2.75) is 13.5 Å². The average molecular weight is 246 g/mol. The van der Waals surface area contributed by atoms with Gasteiger partial charge in [-0.3, -0.25) is 0 Å². The number of fused-ring (bicyclic) bond motifs is 1. The van der Waals surface area contributed by atoms with Crippen LogP contribution >= 0.6 is 0 Å². The van der Waals surface area contributed by atoms with E-state index in [1.54, 1.807) is 13.1 Å². The fraction of sp³-hybridized carbons (Fsp3) is 0.231. The number of aromatic nitrogens is 1. The third kappa shape index (κ3) is 2.00. The Balaban J connectivity index is 2.82. The monoisotopic (exact) mass is 246 g/mol. The predicted octanol–water partition coefficient (Wildman–Crippen LogP) is 1.67. The van der Waals surface area contributed by atoms with Crippen molar-refractivity contribution < 1.29 is 15.0 Å². The normalized spacial score (nSPS) is 10.8. The molecule has 18 heavy (non-hydrogen) atoms. The van der Waals surface area contributed by atoms with E-state index in [2.05, 4.69) is 10.3 Å². The summed E-state index contributed by atoms with van der Waals surface area (Å²) >= 11 is 0. The van der Waals surface area contributed by atoms with E-state index in [0.717, 1.165) is 10.9 Å². The second-order valence-corrected chi connectivity index (χ2v) is 4.14. The molecule has 0 unspecified atom stereocenters. The second-order valence-electron chi connectivity index (χ2n) is 4.14. The number of carboxylic acid groups (broad SMARTS) is 1. The highest BCUT2D eigenvalue weighted by atomic mass is 16.4. The van der Waals surface area contributed by atoms with Gasteiger partial charge in [-0.2, -0.15) is 0 Å². The zero-order valence-corrected chi connectivity index (χ0v) is 10.2. The van der Waals surface area contributed by atoms with Gasteiger partial charge < -0.3 is 15.5 Å². The molecule has 3 N–H and O–H groups in total. The summed E-state index contributed by atoms with van der Waals surface area (Å²) in [5.74, 6) is -1.51. The van der Waals surface area contributed by atoms with Crippen LogP contribution in [0.3, 0.4) is 0 Å². The first-order valence-electron chi connectivity index (χ1n) is 5.54. The third-order valence-electron chi connectivity index (χ3n) is 2.76. The predicted molar refractivity (Wildman–Crippen MR) is 67.9 cm³/mol. The molecule has 0 aliphatic rings. The maximum atomic E-state index is 11.0. The van der Waals surface area contributed by atoms with E-state index in [1.807, 2.05) is 19.1 Å². The Morgan fingerprint density at radius 3 is 2.72 bits per heavy atom. The second kappa shape index (κ2) is 4.62. The van der Waals surface area contributed by atoms with Gasteiger partial charge in [0.2, 0.25) is 0 Å². The van der Waals surface area contributed by atoms with Gasteiger partial charge in [-0.05, 0) is 20.0 Å². The maximum Gasteiger partial charge on any atom is 0.358 e. The first kappa shape index (κ1) is 12.3. The molecule has 1 aromatic heterocycles. The van der Waals surface area contributed by atoms with E-state index in [0.29, 0.717) is 17.6 Å². The zero-order valence-electron chi connectivity index (χ0n) is 10.2. The number of carbonyl (C=O) groups is 1. The molecule has 0 atom stereocenters. The number of nitrogens with zero attached hydrogens (tertiary/aromatic N) is 1. The van der Waals surface area contributed by atoms with Crippen LogP contribution in [0.1, 0.15) is 21.7 Å². The van der Waals surface area contributed by atoms with Gasteiger partial charge in [0.15, 0.2) is 11.4 Å². The first-order chi connectivity index (χ1) is 8.54. The van der Waals surface area contributed by atoms with Gasteiger partial charge in [0.05, 0.1) is 5.69 Å². The molecule has 0 saturated carbocycles. The molecular weight excluding hydrogens is 232 g/mol. The Morgan fingerprint density at radius 2 is 2.11 bits per heavy atom. The van der Waals surface area contributed by atoms with Gasteiger partial charge in [-0.15, -0.1) is 0 Å². The lowest BCUT2D eigenvalue weighted by Gasteiger charge is -2.10. The molecule has 2 aromatic rings. The minimum atomic E-state index is -1.23. The van der Waals surface area contributed by atoms with E-state index in [-0.39, 0.29) is 11.4 Å². The highest BCUT2D eigenvalue weighted by Crippen LogP contribution is 2.30. The summed E-state index contributed by atoms with van der Waals surface area (Å²) in [7, 11) is 1.76. The molecule has 2 rings (SSSR count). The molecule has 0 amide bonds. The van der Waals surface area contributed by atoms with Crippen LogP contribution in [0.15, 0.2) is 18.2 Å². The lowest BCUT2D eigenvalue weighted by Crippen LogP contribution is -2.11. The number of nitrogens with one attached hydrogen (secondary N) is 1. The number of aromatic hydroxyl groups is 1. The lowest BCUT2D eigenvalue weighted by atomic mass is 10.0. The van der Waals surface area contributed by atoms with Crippen molar-refractivity contribution in [3.63, 3.8) is 0 Å². The number of aryl methyl sites for hydroxylation is 1. The standard InChI is InChI=1S/C13H14N2O3/c1-7-3-4-8-9(5-7)10(6-14-2)15-11(12(8)16)13(17)18/h3-5,14,16H,6H2,1-2H3,(H,17,18). The average Bonchev–Trinajstić information content (AvgIpc) is 2.32. The highest BCUT2D eigenvalue weighted by Gasteiger charge is 2.17. The van der Waals surface area contributed by atoms with Gasteiger partial charge in [-0.25, -0.2) is 9.78 Å². The fourth-order valence-electron chi connectivity index (χ4n) is 1.93. The minimum absolute atomic E-state index is 0.280. The van der Waals surface area contributed by atoms with Crippen LogP contribution in [-0.2, 0) is 6.54 Å². The molecule has 1 aromatic carbocycles. The molecule has 0 aliphatic carbocycles. The zero-order chi connectivity index (χ0) is 13.3. The lowest BCUT2D eigenvalue weighted by molar-refractivity contribution is 0.0687. The minimum Gasteiger partial charge on any atom is -0.505 e. The number of benzene rings is 1. The molecule has 0 fully saturated rings. The van der Waals surface area contributed by atoms with Crippen LogP contribution in [0.2, 0.25) is 0 Å². The van der Waals surface area contributed by atoms with Crippen LogP contribution < -0.4 is 5.32 Å². The number of hydrogen-bond donors (Lipinski definition) is 3. The molecule has 0 bridgehead atoms. The van der Waals surface area contributed by atoms with E-state index in [1.165, 1.54) is 0 Å². The van der Waals surface area contributed by atoms with Crippen molar-refractivity contribution in [1.82, 2.24) is 10.3 Å². The van der Waals surface area contributed by atoms with Crippen molar-refractivity contribution in [3.8, 4) is 5.75 Å². The molecule has 0 spiro atoms. The summed E-state index contributed by atoms with van der Waals surface area (Å²) < 4.78 is 0. The number of aromatic carboxylic acids is 1. The van der Waals surface area contributed by atoms with E-state index < -0.39 is 5.97 Å². The van der Waals surface area contributed by atoms with E-state index >= 15 is 0 Å². The van der Waals surface area contributed by atoms with Crippen molar-refractivity contribution in [3.05, 3.63) is 35.2 Å². The Hall–Kier alpha value is -2.14. The third-order valence-corrected chi connectivity index (χ3v) is 2.76. The molecule has 1 heterocycles.